The maximum atomic E-state index is 10.5. The van der Waals surface area contributed by atoms with Crippen LogP contribution in [-0.2, 0) is 4.79 Å². The molecule has 1 rings (SSSR count). The maximum Gasteiger partial charge on any atom is 0.124 e. The van der Waals surface area contributed by atoms with Crippen LogP contribution in [0.4, 0.5) is 0 Å². The Labute approximate surface area is 62.2 Å². The van der Waals surface area contributed by atoms with E-state index in [0.717, 1.165) is 12.7 Å². The van der Waals surface area contributed by atoms with Crippen molar-refractivity contribution in [3.8, 4) is 0 Å². The van der Waals surface area contributed by atoms with Crippen molar-refractivity contribution in [2.75, 3.05) is 14.1 Å². The first-order valence-electron chi connectivity index (χ1n) is 3.87. The first kappa shape index (κ1) is 7.73. The standard InChI is InChI=1S/C8H15NO/c1-9(2)8-5-3-4-7(8)6-10/h6-8H,3-5H2,1-2H3/t7-,8+/m1/s1. The Bertz CT molecular complexity index is 122. The Morgan fingerprint density at radius 3 is 2.50 bits per heavy atom. The lowest BCUT2D eigenvalue weighted by Crippen LogP contribution is -2.31. The zero-order valence-corrected chi connectivity index (χ0v) is 6.71. The number of rotatable bonds is 2. The fraction of sp³-hybridized carbons (Fsp3) is 0.875. The molecule has 58 valence electrons. The molecule has 0 aliphatic heterocycles. The third-order valence-corrected chi connectivity index (χ3v) is 2.37. The van der Waals surface area contributed by atoms with E-state index < -0.39 is 0 Å². The van der Waals surface area contributed by atoms with Crippen LogP contribution in [0.3, 0.4) is 0 Å². The zero-order chi connectivity index (χ0) is 7.56. The van der Waals surface area contributed by atoms with E-state index in [1.807, 2.05) is 14.1 Å². The molecule has 0 spiro atoms. The van der Waals surface area contributed by atoms with Crippen molar-refractivity contribution < 1.29 is 4.79 Å². The molecule has 0 aromatic carbocycles. The van der Waals surface area contributed by atoms with Crippen LogP contribution in [-0.4, -0.2) is 31.3 Å². The number of hydrogen-bond acceptors (Lipinski definition) is 2. The quantitative estimate of drug-likeness (QED) is 0.533. The van der Waals surface area contributed by atoms with Crippen LogP contribution in [0.25, 0.3) is 0 Å². The predicted octanol–water partition coefficient (Wildman–Crippen LogP) is 0.916. The van der Waals surface area contributed by atoms with Gasteiger partial charge >= 0.3 is 0 Å². The van der Waals surface area contributed by atoms with Crippen molar-refractivity contribution in [2.24, 2.45) is 5.92 Å². The molecule has 0 saturated heterocycles. The number of hydrogen-bond donors (Lipinski definition) is 0. The van der Waals surface area contributed by atoms with Gasteiger partial charge in [0.2, 0.25) is 0 Å². The van der Waals surface area contributed by atoms with Gasteiger partial charge in [-0.2, -0.15) is 0 Å². The normalized spacial score (nSPS) is 33.1. The smallest absolute Gasteiger partial charge is 0.124 e. The molecule has 2 nitrogen and oxygen atoms in total. The minimum Gasteiger partial charge on any atom is -0.306 e. The fourth-order valence-electron chi connectivity index (χ4n) is 1.77. The van der Waals surface area contributed by atoms with Gasteiger partial charge in [0.1, 0.15) is 6.29 Å². The number of carbonyl (C=O) groups excluding carboxylic acids is 1. The van der Waals surface area contributed by atoms with Gasteiger partial charge in [0.25, 0.3) is 0 Å². The first-order valence-corrected chi connectivity index (χ1v) is 3.87. The van der Waals surface area contributed by atoms with Crippen molar-refractivity contribution in [1.29, 1.82) is 0 Å². The van der Waals surface area contributed by atoms with Gasteiger partial charge in [0, 0.05) is 12.0 Å². The van der Waals surface area contributed by atoms with Gasteiger partial charge in [-0.1, -0.05) is 6.42 Å². The fourth-order valence-corrected chi connectivity index (χ4v) is 1.77. The number of aldehydes is 1. The van der Waals surface area contributed by atoms with Gasteiger partial charge in [-0.05, 0) is 26.9 Å². The SMILES string of the molecule is CN(C)[C@H]1CCC[C@@H]1C=O. The maximum absolute atomic E-state index is 10.5. The molecule has 0 N–H and O–H groups in total. The Kier molecular flexibility index (Phi) is 2.44. The lowest BCUT2D eigenvalue weighted by Gasteiger charge is -2.21. The molecule has 1 saturated carbocycles. The van der Waals surface area contributed by atoms with Crippen molar-refractivity contribution in [3.05, 3.63) is 0 Å². The molecule has 0 amide bonds. The van der Waals surface area contributed by atoms with E-state index in [4.69, 9.17) is 0 Å². The molecule has 1 aliphatic carbocycles. The molecule has 0 bridgehead atoms. The Balaban J connectivity index is 2.49. The molecule has 0 aromatic rings. The van der Waals surface area contributed by atoms with Crippen LogP contribution < -0.4 is 0 Å². The van der Waals surface area contributed by atoms with Crippen LogP contribution in [0.1, 0.15) is 19.3 Å². The van der Waals surface area contributed by atoms with Crippen LogP contribution in [0, 0.1) is 5.92 Å². The summed E-state index contributed by atoms with van der Waals surface area (Å²) in [4.78, 5) is 12.7. The van der Waals surface area contributed by atoms with Crippen LogP contribution >= 0.6 is 0 Å². The molecule has 1 fully saturated rings. The lowest BCUT2D eigenvalue weighted by atomic mass is 10.1. The summed E-state index contributed by atoms with van der Waals surface area (Å²) < 4.78 is 0. The van der Waals surface area contributed by atoms with Gasteiger partial charge in [-0.3, -0.25) is 0 Å². The summed E-state index contributed by atoms with van der Waals surface area (Å²) in [6.07, 6.45) is 4.60. The Morgan fingerprint density at radius 1 is 1.40 bits per heavy atom. The molecule has 0 heterocycles. The van der Waals surface area contributed by atoms with Gasteiger partial charge in [0.05, 0.1) is 0 Å². The van der Waals surface area contributed by atoms with Crippen molar-refractivity contribution >= 4 is 6.29 Å². The number of carbonyl (C=O) groups is 1. The summed E-state index contributed by atoms with van der Waals surface area (Å²) in [6.45, 7) is 0. The second-order valence-corrected chi connectivity index (χ2v) is 3.26. The minimum atomic E-state index is 0.301. The van der Waals surface area contributed by atoms with E-state index in [9.17, 15) is 4.79 Å². The summed E-state index contributed by atoms with van der Waals surface area (Å²) in [5, 5.41) is 0. The van der Waals surface area contributed by atoms with E-state index in [1.165, 1.54) is 12.8 Å². The highest BCUT2D eigenvalue weighted by Crippen LogP contribution is 2.26. The molecular weight excluding hydrogens is 126 g/mol. The van der Waals surface area contributed by atoms with Crippen LogP contribution in [0.15, 0.2) is 0 Å². The molecule has 0 unspecified atom stereocenters. The topological polar surface area (TPSA) is 20.3 Å². The summed E-state index contributed by atoms with van der Waals surface area (Å²) in [7, 11) is 4.10. The van der Waals surface area contributed by atoms with E-state index in [-0.39, 0.29) is 0 Å². The average Bonchev–Trinajstić information content (AvgIpc) is 2.33. The second kappa shape index (κ2) is 3.15. The molecule has 2 heteroatoms. The predicted molar refractivity (Wildman–Crippen MR) is 40.9 cm³/mol. The van der Waals surface area contributed by atoms with Gasteiger partial charge in [-0.15, -0.1) is 0 Å². The highest BCUT2D eigenvalue weighted by Gasteiger charge is 2.27. The lowest BCUT2D eigenvalue weighted by molar-refractivity contribution is -0.112. The molecule has 2 atom stereocenters. The van der Waals surface area contributed by atoms with Crippen LogP contribution in [0.5, 0.6) is 0 Å². The summed E-state index contributed by atoms with van der Waals surface area (Å²) in [5.74, 6) is 0.301. The highest BCUT2D eigenvalue weighted by molar-refractivity contribution is 5.55. The third kappa shape index (κ3) is 1.37. The molecular formula is C8H15NO. The largest absolute Gasteiger partial charge is 0.306 e. The van der Waals surface area contributed by atoms with Gasteiger partial charge in [0.15, 0.2) is 0 Å². The van der Waals surface area contributed by atoms with E-state index in [1.54, 1.807) is 0 Å². The monoisotopic (exact) mass is 141 g/mol. The zero-order valence-electron chi connectivity index (χ0n) is 6.71. The second-order valence-electron chi connectivity index (χ2n) is 3.26. The molecule has 1 aliphatic rings. The summed E-state index contributed by atoms with van der Waals surface area (Å²) in [6, 6.07) is 0.512. The van der Waals surface area contributed by atoms with Crippen molar-refractivity contribution in [3.63, 3.8) is 0 Å². The van der Waals surface area contributed by atoms with E-state index in [2.05, 4.69) is 4.90 Å². The Hall–Kier alpha value is -0.370. The summed E-state index contributed by atoms with van der Waals surface area (Å²) in [5.41, 5.74) is 0. The third-order valence-electron chi connectivity index (χ3n) is 2.37. The molecule has 10 heavy (non-hydrogen) atoms. The Morgan fingerprint density at radius 2 is 2.10 bits per heavy atom. The van der Waals surface area contributed by atoms with E-state index >= 15 is 0 Å². The highest BCUT2D eigenvalue weighted by atomic mass is 16.1. The average molecular weight is 141 g/mol. The van der Waals surface area contributed by atoms with Gasteiger partial charge in [-0.25, -0.2) is 0 Å². The first-order chi connectivity index (χ1) is 4.75. The van der Waals surface area contributed by atoms with Crippen LogP contribution in [0.2, 0.25) is 0 Å². The molecule has 0 radical (unpaired) electrons. The van der Waals surface area contributed by atoms with Gasteiger partial charge < -0.3 is 9.69 Å². The minimum absolute atomic E-state index is 0.301. The number of nitrogens with zero attached hydrogens (tertiary/aromatic N) is 1. The van der Waals surface area contributed by atoms with E-state index in [0.29, 0.717) is 12.0 Å². The summed E-state index contributed by atoms with van der Waals surface area (Å²) >= 11 is 0. The van der Waals surface area contributed by atoms with Crippen molar-refractivity contribution in [1.82, 2.24) is 4.90 Å². The van der Waals surface area contributed by atoms with Crippen molar-refractivity contribution in [2.45, 2.75) is 25.3 Å². The molecule has 0 aromatic heterocycles.